The Morgan fingerprint density at radius 1 is 1.25 bits per heavy atom. The lowest BCUT2D eigenvalue weighted by molar-refractivity contribution is -0.0404. The summed E-state index contributed by atoms with van der Waals surface area (Å²) >= 11 is 0. The van der Waals surface area contributed by atoms with E-state index in [1.165, 1.54) is 0 Å². The third-order valence-corrected chi connectivity index (χ3v) is 4.73. The van der Waals surface area contributed by atoms with Crippen LogP contribution in [0.15, 0.2) is 42.6 Å². The SMILES string of the molecule is N[C@H]1CC(c2ccccn2)N(c2ccc3c(c2)C(F)(F)CCO3)C1. The molecule has 2 aromatic rings. The van der Waals surface area contributed by atoms with Crippen LogP contribution in [0, 0.1) is 0 Å². The predicted molar refractivity (Wildman–Crippen MR) is 87.4 cm³/mol. The monoisotopic (exact) mass is 331 g/mol. The maximum atomic E-state index is 14.2. The Kier molecular flexibility index (Phi) is 3.64. The van der Waals surface area contributed by atoms with Gasteiger partial charge in [0.1, 0.15) is 5.75 Å². The highest BCUT2D eigenvalue weighted by Crippen LogP contribution is 2.44. The van der Waals surface area contributed by atoms with Crippen LogP contribution in [0.25, 0.3) is 0 Å². The van der Waals surface area contributed by atoms with Crippen molar-refractivity contribution in [3.63, 3.8) is 0 Å². The van der Waals surface area contributed by atoms with Crippen molar-refractivity contribution in [3.8, 4) is 5.75 Å². The molecule has 4 rings (SSSR count). The number of halogens is 2. The Morgan fingerprint density at radius 2 is 2.12 bits per heavy atom. The van der Waals surface area contributed by atoms with Crippen LogP contribution < -0.4 is 15.4 Å². The molecule has 0 bridgehead atoms. The number of aromatic nitrogens is 1. The molecule has 2 N–H and O–H groups in total. The fraction of sp³-hybridized carbons (Fsp3) is 0.389. The van der Waals surface area contributed by atoms with Crippen LogP contribution in [-0.4, -0.2) is 24.2 Å². The van der Waals surface area contributed by atoms with E-state index in [0.29, 0.717) is 6.54 Å². The summed E-state index contributed by atoms with van der Waals surface area (Å²) in [6.45, 7) is 0.664. The molecule has 6 heteroatoms. The number of nitrogens with zero attached hydrogens (tertiary/aromatic N) is 2. The summed E-state index contributed by atoms with van der Waals surface area (Å²) in [6, 6.07) is 10.7. The van der Waals surface area contributed by atoms with Crippen LogP contribution in [0.5, 0.6) is 5.75 Å². The molecule has 1 unspecified atom stereocenters. The molecule has 0 saturated carbocycles. The smallest absolute Gasteiger partial charge is 0.280 e. The molecular weight excluding hydrogens is 312 g/mol. The van der Waals surface area contributed by atoms with Gasteiger partial charge >= 0.3 is 0 Å². The Labute approximate surface area is 139 Å². The number of alkyl halides is 2. The fourth-order valence-corrected chi connectivity index (χ4v) is 3.54. The van der Waals surface area contributed by atoms with E-state index in [-0.39, 0.29) is 36.4 Å². The highest BCUT2D eigenvalue weighted by atomic mass is 19.3. The van der Waals surface area contributed by atoms with Gasteiger partial charge in [0.15, 0.2) is 0 Å². The molecule has 0 radical (unpaired) electrons. The number of rotatable bonds is 2. The Hall–Kier alpha value is -2.21. The summed E-state index contributed by atoms with van der Waals surface area (Å²) in [5, 5.41) is 0. The molecule has 1 saturated heterocycles. The van der Waals surface area contributed by atoms with Crippen molar-refractivity contribution in [1.82, 2.24) is 4.98 Å². The van der Waals surface area contributed by atoms with Gasteiger partial charge in [-0.25, -0.2) is 8.78 Å². The molecule has 2 aliphatic rings. The highest BCUT2D eigenvalue weighted by Gasteiger charge is 2.39. The van der Waals surface area contributed by atoms with Gasteiger partial charge in [-0.15, -0.1) is 0 Å². The number of anilines is 1. The van der Waals surface area contributed by atoms with E-state index in [1.54, 1.807) is 18.3 Å². The first-order chi connectivity index (χ1) is 11.5. The summed E-state index contributed by atoms with van der Waals surface area (Å²) in [5.74, 6) is -2.58. The molecule has 4 nitrogen and oxygen atoms in total. The van der Waals surface area contributed by atoms with Crippen molar-refractivity contribution in [1.29, 1.82) is 0 Å². The maximum absolute atomic E-state index is 14.2. The quantitative estimate of drug-likeness (QED) is 0.918. The molecule has 1 aromatic carbocycles. The average Bonchev–Trinajstić information content (AvgIpc) is 2.97. The van der Waals surface area contributed by atoms with Crippen LogP contribution in [0.1, 0.15) is 30.1 Å². The molecule has 0 spiro atoms. The number of benzene rings is 1. The molecule has 2 aliphatic heterocycles. The zero-order valence-electron chi connectivity index (χ0n) is 13.2. The van der Waals surface area contributed by atoms with Gasteiger partial charge in [-0.1, -0.05) is 6.07 Å². The van der Waals surface area contributed by atoms with Gasteiger partial charge in [0, 0.05) is 24.5 Å². The van der Waals surface area contributed by atoms with E-state index >= 15 is 0 Å². The average molecular weight is 331 g/mol. The largest absolute Gasteiger partial charge is 0.493 e. The molecule has 0 aliphatic carbocycles. The summed E-state index contributed by atoms with van der Waals surface area (Å²) in [5.41, 5.74) is 7.75. The summed E-state index contributed by atoms with van der Waals surface area (Å²) < 4.78 is 33.8. The van der Waals surface area contributed by atoms with Gasteiger partial charge in [-0.05, 0) is 36.8 Å². The van der Waals surface area contributed by atoms with Crippen molar-refractivity contribution in [2.24, 2.45) is 5.73 Å². The maximum Gasteiger partial charge on any atom is 0.280 e. The standard InChI is InChI=1S/C18H19F2N3O/c19-18(20)6-8-24-17-5-4-13(10-14(17)18)23-11-12(21)9-16(23)15-3-1-2-7-22-15/h1-5,7,10,12,16H,6,8-9,11,21H2/t12-,16?/m0/s1. The van der Waals surface area contributed by atoms with Crippen molar-refractivity contribution >= 4 is 5.69 Å². The van der Waals surface area contributed by atoms with Crippen molar-refractivity contribution < 1.29 is 13.5 Å². The lowest BCUT2D eigenvalue weighted by Crippen LogP contribution is -2.29. The van der Waals surface area contributed by atoms with Gasteiger partial charge in [-0.3, -0.25) is 4.98 Å². The Balaban J connectivity index is 1.72. The minimum absolute atomic E-state index is 0.00242. The molecule has 1 aromatic heterocycles. The predicted octanol–water partition coefficient (Wildman–Crippen LogP) is 3.23. The number of fused-ring (bicyclic) bond motifs is 1. The molecule has 24 heavy (non-hydrogen) atoms. The first-order valence-corrected chi connectivity index (χ1v) is 8.13. The second-order valence-corrected chi connectivity index (χ2v) is 6.40. The third kappa shape index (κ3) is 2.60. The number of nitrogens with two attached hydrogens (primary N) is 1. The van der Waals surface area contributed by atoms with E-state index in [4.69, 9.17) is 10.5 Å². The minimum Gasteiger partial charge on any atom is -0.493 e. The first kappa shape index (κ1) is 15.3. The number of hydrogen-bond donors (Lipinski definition) is 1. The Morgan fingerprint density at radius 3 is 2.92 bits per heavy atom. The van der Waals surface area contributed by atoms with Gasteiger partial charge in [-0.2, -0.15) is 0 Å². The molecular formula is C18H19F2N3O. The van der Waals surface area contributed by atoms with E-state index in [9.17, 15) is 8.78 Å². The summed E-state index contributed by atoms with van der Waals surface area (Å²) in [7, 11) is 0. The van der Waals surface area contributed by atoms with Crippen molar-refractivity contribution in [2.45, 2.75) is 30.8 Å². The molecule has 2 atom stereocenters. The second kappa shape index (κ2) is 5.70. The van der Waals surface area contributed by atoms with Crippen LogP contribution >= 0.6 is 0 Å². The van der Waals surface area contributed by atoms with Crippen LogP contribution in [0.2, 0.25) is 0 Å². The summed E-state index contributed by atoms with van der Waals surface area (Å²) in [6.07, 6.45) is 2.21. The number of hydrogen-bond acceptors (Lipinski definition) is 4. The van der Waals surface area contributed by atoms with E-state index in [0.717, 1.165) is 17.8 Å². The number of pyridine rings is 1. The van der Waals surface area contributed by atoms with Gasteiger partial charge in [0.2, 0.25) is 0 Å². The third-order valence-electron chi connectivity index (χ3n) is 4.73. The molecule has 0 amide bonds. The fourth-order valence-electron chi connectivity index (χ4n) is 3.54. The van der Waals surface area contributed by atoms with Gasteiger partial charge in [0.25, 0.3) is 5.92 Å². The Bertz CT molecular complexity index is 738. The van der Waals surface area contributed by atoms with Gasteiger partial charge < -0.3 is 15.4 Å². The zero-order chi connectivity index (χ0) is 16.7. The van der Waals surface area contributed by atoms with Crippen LogP contribution in [0.3, 0.4) is 0 Å². The first-order valence-electron chi connectivity index (χ1n) is 8.13. The van der Waals surface area contributed by atoms with E-state index in [2.05, 4.69) is 9.88 Å². The van der Waals surface area contributed by atoms with Crippen LogP contribution in [0.4, 0.5) is 14.5 Å². The van der Waals surface area contributed by atoms with Crippen LogP contribution in [-0.2, 0) is 5.92 Å². The van der Waals surface area contributed by atoms with E-state index in [1.807, 2.05) is 24.3 Å². The molecule has 1 fully saturated rings. The highest BCUT2D eigenvalue weighted by molar-refractivity contribution is 5.57. The lowest BCUT2D eigenvalue weighted by Gasteiger charge is -2.30. The topological polar surface area (TPSA) is 51.4 Å². The van der Waals surface area contributed by atoms with Crippen molar-refractivity contribution in [3.05, 3.63) is 53.9 Å². The zero-order valence-corrected chi connectivity index (χ0v) is 13.2. The number of ether oxygens (including phenoxy) is 1. The second-order valence-electron chi connectivity index (χ2n) is 6.40. The van der Waals surface area contributed by atoms with Gasteiger partial charge in [0.05, 0.1) is 30.3 Å². The molecule has 126 valence electrons. The van der Waals surface area contributed by atoms with E-state index < -0.39 is 5.92 Å². The van der Waals surface area contributed by atoms with Crippen molar-refractivity contribution in [2.75, 3.05) is 18.1 Å². The lowest BCUT2D eigenvalue weighted by atomic mass is 10.0. The summed E-state index contributed by atoms with van der Waals surface area (Å²) in [4.78, 5) is 6.48. The molecule has 3 heterocycles. The normalized spacial score (nSPS) is 25.2. The minimum atomic E-state index is -2.86.